The molecule has 2 aromatic heterocycles. The Bertz CT molecular complexity index is 608. The molecule has 0 aromatic carbocycles. The summed E-state index contributed by atoms with van der Waals surface area (Å²) >= 11 is 1.51. The van der Waals surface area contributed by atoms with Crippen LogP contribution in [-0.2, 0) is 6.54 Å². The van der Waals surface area contributed by atoms with Crippen molar-refractivity contribution < 1.29 is 9.32 Å². The number of carbonyl (C=O) groups excluding carboxylic acids is 1. The minimum Gasteiger partial charge on any atom is -0.361 e. The number of likely N-dealkylation sites (tertiary alicyclic amines) is 1. The van der Waals surface area contributed by atoms with Gasteiger partial charge < -0.3 is 14.7 Å². The molecule has 5 nitrogen and oxygen atoms in total. The number of nitrogens with one attached hydrogen (secondary N) is 1. The quantitative estimate of drug-likeness (QED) is 0.941. The van der Waals surface area contributed by atoms with Gasteiger partial charge in [0.1, 0.15) is 5.76 Å². The molecule has 1 aliphatic rings. The Hall–Kier alpha value is -1.66. The minimum atomic E-state index is 0.166. The van der Waals surface area contributed by atoms with E-state index in [1.54, 1.807) is 0 Å². The van der Waals surface area contributed by atoms with Crippen molar-refractivity contribution in [3.05, 3.63) is 39.4 Å². The smallest absolute Gasteiger partial charge is 0.263 e. The molecule has 0 bridgehead atoms. The van der Waals surface area contributed by atoms with Crippen molar-refractivity contribution in [1.82, 2.24) is 15.4 Å². The van der Waals surface area contributed by atoms with Gasteiger partial charge in [-0.1, -0.05) is 11.2 Å². The average molecular weight is 319 g/mol. The predicted molar refractivity (Wildman–Crippen MR) is 86.1 cm³/mol. The lowest BCUT2D eigenvalue weighted by Gasteiger charge is -2.32. The molecule has 1 fully saturated rings. The van der Waals surface area contributed by atoms with Gasteiger partial charge in [0.2, 0.25) is 0 Å². The molecular formula is C16H21N3O2S. The Kier molecular flexibility index (Phi) is 4.59. The maximum Gasteiger partial charge on any atom is 0.263 e. The highest BCUT2D eigenvalue weighted by molar-refractivity contribution is 7.12. The largest absolute Gasteiger partial charge is 0.361 e. The fraction of sp³-hybridized carbons (Fsp3) is 0.500. The number of aryl methyl sites for hydroxylation is 2. The maximum absolute atomic E-state index is 12.3. The summed E-state index contributed by atoms with van der Waals surface area (Å²) in [6, 6.07) is 4.27. The van der Waals surface area contributed by atoms with Crippen molar-refractivity contribution >= 4 is 17.2 Å². The van der Waals surface area contributed by atoms with Gasteiger partial charge >= 0.3 is 0 Å². The van der Waals surface area contributed by atoms with Crippen LogP contribution in [0.1, 0.15) is 39.5 Å². The van der Waals surface area contributed by atoms with Gasteiger partial charge in [-0.15, -0.1) is 11.3 Å². The van der Waals surface area contributed by atoms with Gasteiger partial charge in [0.05, 0.1) is 10.6 Å². The molecule has 0 radical (unpaired) electrons. The van der Waals surface area contributed by atoms with Crippen LogP contribution in [0.5, 0.6) is 0 Å². The molecule has 0 unspecified atom stereocenters. The highest BCUT2D eigenvalue weighted by Crippen LogP contribution is 2.18. The Balaban J connectivity index is 1.49. The lowest BCUT2D eigenvalue weighted by molar-refractivity contribution is 0.0709. The number of aromatic nitrogens is 1. The first-order valence-corrected chi connectivity index (χ1v) is 8.51. The van der Waals surface area contributed by atoms with E-state index in [1.165, 1.54) is 11.3 Å². The molecule has 0 saturated carbocycles. The number of hydrogen-bond donors (Lipinski definition) is 1. The fourth-order valence-corrected chi connectivity index (χ4v) is 3.53. The van der Waals surface area contributed by atoms with E-state index in [9.17, 15) is 4.79 Å². The Morgan fingerprint density at radius 3 is 2.82 bits per heavy atom. The minimum absolute atomic E-state index is 0.166. The Morgan fingerprint density at radius 2 is 2.23 bits per heavy atom. The monoisotopic (exact) mass is 319 g/mol. The van der Waals surface area contributed by atoms with E-state index in [1.807, 2.05) is 36.3 Å². The number of hydrogen-bond acceptors (Lipinski definition) is 5. The van der Waals surface area contributed by atoms with E-state index in [-0.39, 0.29) is 5.91 Å². The molecule has 3 rings (SSSR count). The second-order valence-corrected chi connectivity index (χ2v) is 6.68. The third-order valence-electron chi connectivity index (χ3n) is 4.26. The van der Waals surface area contributed by atoms with Crippen LogP contribution >= 0.6 is 11.3 Å². The van der Waals surface area contributed by atoms with Gasteiger partial charge in [-0.2, -0.15) is 0 Å². The van der Waals surface area contributed by atoms with Gasteiger partial charge in [0, 0.05) is 31.2 Å². The Labute approximate surface area is 134 Å². The fourth-order valence-electron chi connectivity index (χ4n) is 2.84. The zero-order valence-corrected chi connectivity index (χ0v) is 13.8. The molecule has 6 heteroatoms. The standard InChI is InChI=1S/C16H21N3O2S/c1-11-14(12(2)21-18-11)10-17-13-5-7-19(8-6-13)16(20)15-4-3-9-22-15/h3-4,9,13,17H,5-8,10H2,1-2H3. The van der Waals surface area contributed by atoms with E-state index in [0.29, 0.717) is 6.04 Å². The molecule has 1 N–H and O–H groups in total. The molecule has 22 heavy (non-hydrogen) atoms. The normalized spacial score (nSPS) is 16.2. The topological polar surface area (TPSA) is 58.4 Å². The number of thiophene rings is 1. The molecule has 118 valence electrons. The van der Waals surface area contributed by atoms with Crippen LogP contribution in [0, 0.1) is 13.8 Å². The highest BCUT2D eigenvalue weighted by Gasteiger charge is 2.24. The summed E-state index contributed by atoms with van der Waals surface area (Å²) in [4.78, 5) is 15.1. The molecule has 3 heterocycles. The summed E-state index contributed by atoms with van der Waals surface area (Å²) in [5.74, 6) is 1.05. The Morgan fingerprint density at radius 1 is 1.45 bits per heavy atom. The van der Waals surface area contributed by atoms with Crippen molar-refractivity contribution in [1.29, 1.82) is 0 Å². The molecule has 1 amide bonds. The SMILES string of the molecule is Cc1noc(C)c1CNC1CCN(C(=O)c2cccs2)CC1. The van der Waals surface area contributed by atoms with Gasteiger partial charge in [0.25, 0.3) is 5.91 Å². The summed E-state index contributed by atoms with van der Waals surface area (Å²) < 4.78 is 5.18. The van der Waals surface area contributed by atoms with Crippen LogP contribution < -0.4 is 5.32 Å². The summed E-state index contributed by atoms with van der Waals surface area (Å²) in [5.41, 5.74) is 2.10. The molecule has 2 aromatic rings. The maximum atomic E-state index is 12.3. The van der Waals surface area contributed by atoms with Gasteiger partial charge in [-0.05, 0) is 38.1 Å². The first kappa shape index (κ1) is 15.2. The lowest BCUT2D eigenvalue weighted by atomic mass is 10.0. The molecule has 0 atom stereocenters. The summed E-state index contributed by atoms with van der Waals surface area (Å²) in [7, 11) is 0. The van der Waals surface area contributed by atoms with E-state index in [0.717, 1.165) is 54.4 Å². The van der Waals surface area contributed by atoms with Crippen LogP contribution in [0.15, 0.2) is 22.0 Å². The van der Waals surface area contributed by atoms with Crippen molar-refractivity contribution in [2.24, 2.45) is 0 Å². The first-order valence-electron chi connectivity index (χ1n) is 7.63. The zero-order valence-electron chi connectivity index (χ0n) is 13.0. The van der Waals surface area contributed by atoms with Crippen LogP contribution in [-0.4, -0.2) is 35.1 Å². The van der Waals surface area contributed by atoms with Gasteiger partial charge in [0.15, 0.2) is 0 Å². The third-order valence-corrected chi connectivity index (χ3v) is 5.12. The van der Waals surface area contributed by atoms with Crippen molar-refractivity contribution in [2.45, 2.75) is 39.3 Å². The number of piperidine rings is 1. The van der Waals surface area contributed by atoms with Crippen molar-refractivity contribution in [2.75, 3.05) is 13.1 Å². The number of amides is 1. The van der Waals surface area contributed by atoms with E-state index < -0.39 is 0 Å². The van der Waals surface area contributed by atoms with E-state index in [2.05, 4.69) is 10.5 Å². The summed E-state index contributed by atoms with van der Waals surface area (Å²) in [6.07, 6.45) is 1.97. The van der Waals surface area contributed by atoms with Crippen LogP contribution in [0.4, 0.5) is 0 Å². The van der Waals surface area contributed by atoms with Gasteiger partial charge in [-0.3, -0.25) is 4.79 Å². The number of carbonyl (C=O) groups is 1. The molecular weight excluding hydrogens is 298 g/mol. The second-order valence-electron chi connectivity index (χ2n) is 5.73. The number of nitrogens with zero attached hydrogens (tertiary/aromatic N) is 2. The van der Waals surface area contributed by atoms with Crippen molar-refractivity contribution in [3.8, 4) is 0 Å². The van der Waals surface area contributed by atoms with E-state index in [4.69, 9.17) is 4.52 Å². The van der Waals surface area contributed by atoms with Crippen LogP contribution in [0.3, 0.4) is 0 Å². The third kappa shape index (κ3) is 3.23. The number of rotatable bonds is 4. The average Bonchev–Trinajstić information content (AvgIpc) is 3.17. The summed E-state index contributed by atoms with van der Waals surface area (Å²) in [5, 5.41) is 9.49. The molecule has 0 aliphatic carbocycles. The molecule has 0 spiro atoms. The first-order chi connectivity index (χ1) is 10.6. The zero-order chi connectivity index (χ0) is 15.5. The van der Waals surface area contributed by atoms with Gasteiger partial charge in [-0.25, -0.2) is 0 Å². The van der Waals surface area contributed by atoms with Crippen LogP contribution in [0.2, 0.25) is 0 Å². The van der Waals surface area contributed by atoms with Crippen LogP contribution in [0.25, 0.3) is 0 Å². The highest BCUT2D eigenvalue weighted by atomic mass is 32.1. The van der Waals surface area contributed by atoms with Crippen molar-refractivity contribution in [3.63, 3.8) is 0 Å². The molecule has 1 saturated heterocycles. The second kappa shape index (κ2) is 6.62. The summed E-state index contributed by atoms with van der Waals surface area (Å²) in [6.45, 7) is 6.33. The molecule has 1 aliphatic heterocycles. The van der Waals surface area contributed by atoms with E-state index >= 15 is 0 Å². The predicted octanol–water partition coefficient (Wildman–Crippen LogP) is 2.75. The lowest BCUT2D eigenvalue weighted by Crippen LogP contribution is -2.44.